The van der Waals surface area contributed by atoms with Crippen LogP contribution in [0.2, 0.25) is 0 Å². The first-order valence-electron chi connectivity index (χ1n) is 8.10. The van der Waals surface area contributed by atoms with Gasteiger partial charge in [-0.2, -0.15) is 0 Å². The third kappa shape index (κ3) is 5.49. The summed E-state index contributed by atoms with van der Waals surface area (Å²) in [7, 11) is 0. The second-order valence-corrected chi connectivity index (χ2v) is 6.68. The molecule has 0 aromatic carbocycles. The van der Waals surface area contributed by atoms with Crippen molar-refractivity contribution in [1.29, 1.82) is 0 Å². The quantitative estimate of drug-likeness (QED) is 0.710. The number of carboxylic acid groups (broad SMARTS) is 1. The molecule has 0 bridgehead atoms. The number of pyridine rings is 1. The molecule has 24 heavy (non-hydrogen) atoms. The van der Waals surface area contributed by atoms with E-state index in [-0.39, 0.29) is 0 Å². The van der Waals surface area contributed by atoms with E-state index in [1.165, 1.54) is 6.20 Å². The van der Waals surface area contributed by atoms with Crippen LogP contribution in [-0.4, -0.2) is 49.8 Å². The van der Waals surface area contributed by atoms with Crippen molar-refractivity contribution in [2.24, 2.45) is 0 Å². The van der Waals surface area contributed by atoms with Gasteiger partial charge in [0.1, 0.15) is 5.82 Å². The van der Waals surface area contributed by atoms with Crippen molar-refractivity contribution < 1.29 is 19.8 Å². The first-order valence-corrected chi connectivity index (χ1v) is 8.10. The summed E-state index contributed by atoms with van der Waals surface area (Å²) in [5, 5.41) is 22.6. The van der Waals surface area contributed by atoms with Crippen molar-refractivity contribution in [3.63, 3.8) is 0 Å². The SMILES string of the molecule is CCCC[C@@H]([C@@H](O)C(=O)Nc1ccccn1)N(C(=O)O)C(C)(C)C. The highest BCUT2D eigenvalue weighted by Gasteiger charge is 2.39. The van der Waals surface area contributed by atoms with Gasteiger partial charge in [0.2, 0.25) is 0 Å². The van der Waals surface area contributed by atoms with Crippen molar-refractivity contribution in [1.82, 2.24) is 9.88 Å². The molecule has 1 aromatic heterocycles. The van der Waals surface area contributed by atoms with Gasteiger partial charge >= 0.3 is 6.09 Å². The Morgan fingerprint density at radius 3 is 2.46 bits per heavy atom. The van der Waals surface area contributed by atoms with Gasteiger partial charge in [-0.1, -0.05) is 25.8 Å². The van der Waals surface area contributed by atoms with Crippen molar-refractivity contribution >= 4 is 17.8 Å². The van der Waals surface area contributed by atoms with Gasteiger partial charge in [0.05, 0.1) is 6.04 Å². The number of rotatable bonds is 7. The monoisotopic (exact) mass is 337 g/mol. The lowest BCUT2D eigenvalue weighted by molar-refractivity contribution is -0.128. The molecule has 0 saturated heterocycles. The van der Waals surface area contributed by atoms with Crippen LogP contribution in [0.1, 0.15) is 47.0 Å². The summed E-state index contributed by atoms with van der Waals surface area (Å²) in [4.78, 5) is 29.2. The molecule has 0 spiro atoms. The van der Waals surface area contributed by atoms with E-state index in [4.69, 9.17) is 0 Å². The molecule has 0 radical (unpaired) electrons. The predicted molar refractivity (Wildman–Crippen MR) is 91.8 cm³/mol. The number of aromatic nitrogens is 1. The van der Waals surface area contributed by atoms with Crippen molar-refractivity contribution in [2.45, 2.75) is 64.6 Å². The van der Waals surface area contributed by atoms with E-state index in [1.54, 1.807) is 39.0 Å². The fraction of sp³-hybridized carbons (Fsp3) is 0.588. The molecule has 3 N–H and O–H groups in total. The Hall–Kier alpha value is -2.15. The van der Waals surface area contributed by atoms with Crippen LogP contribution in [0, 0.1) is 0 Å². The smallest absolute Gasteiger partial charge is 0.408 e. The number of nitrogens with zero attached hydrogens (tertiary/aromatic N) is 2. The molecular formula is C17H27N3O4. The minimum atomic E-state index is -1.48. The van der Waals surface area contributed by atoms with Crippen LogP contribution >= 0.6 is 0 Å². The Morgan fingerprint density at radius 1 is 1.33 bits per heavy atom. The largest absolute Gasteiger partial charge is 0.465 e. The Balaban J connectivity index is 3.00. The van der Waals surface area contributed by atoms with Crippen molar-refractivity contribution in [3.05, 3.63) is 24.4 Å². The van der Waals surface area contributed by atoms with Crippen LogP contribution in [0.3, 0.4) is 0 Å². The average molecular weight is 337 g/mol. The molecule has 0 fully saturated rings. The summed E-state index contributed by atoms with van der Waals surface area (Å²) in [5.41, 5.74) is -0.740. The molecule has 2 atom stereocenters. The van der Waals surface area contributed by atoms with Gasteiger partial charge in [-0.3, -0.25) is 9.69 Å². The number of amides is 2. The summed E-state index contributed by atoms with van der Waals surface area (Å²) < 4.78 is 0. The van der Waals surface area contributed by atoms with Crippen LogP contribution in [0.5, 0.6) is 0 Å². The third-order valence-corrected chi connectivity index (χ3v) is 3.66. The Bertz CT molecular complexity index is 543. The number of hydrogen-bond acceptors (Lipinski definition) is 4. The molecule has 0 unspecified atom stereocenters. The lowest BCUT2D eigenvalue weighted by Gasteiger charge is -2.41. The zero-order valence-electron chi connectivity index (χ0n) is 14.7. The molecule has 7 nitrogen and oxygen atoms in total. The van der Waals surface area contributed by atoms with E-state index in [0.29, 0.717) is 18.7 Å². The van der Waals surface area contributed by atoms with E-state index >= 15 is 0 Å². The minimum absolute atomic E-state index is 0.313. The van der Waals surface area contributed by atoms with Crippen LogP contribution in [0.15, 0.2) is 24.4 Å². The standard InChI is InChI=1S/C17H27N3O4/c1-5-6-9-12(20(16(23)24)17(2,3)4)14(21)15(22)19-13-10-7-8-11-18-13/h7-8,10-12,14,21H,5-6,9H2,1-4H3,(H,23,24)(H,18,19,22)/t12-,14+/m0/s1. The summed E-state index contributed by atoms with van der Waals surface area (Å²) in [5.74, 6) is -0.348. The number of nitrogens with one attached hydrogen (secondary N) is 1. The van der Waals surface area contributed by atoms with Gasteiger partial charge in [-0.15, -0.1) is 0 Å². The highest BCUT2D eigenvalue weighted by Crippen LogP contribution is 2.24. The minimum Gasteiger partial charge on any atom is -0.465 e. The highest BCUT2D eigenvalue weighted by molar-refractivity contribution is 5.94. The normalized spacial score (nSPS) is 13.9. The summed E-state index contributed by atoms with van der Waals surface area (Å²) in [6.45, 7) is 7.19. The molecule has 7 heteroatoms. The molecule has 1 rings (SSSR count). The van der Waals surface area contributed by atoms with Gasteiger partial charge in [0, 0.05) is 11.7 Å². The van der Waals surface area contributed by atoms with Gasteiger partial charge < -0.3 is 15.5 Å². The van der Waals surface area contributed by atoms with Gasteiger partial charge in [-0.25, -0.2) is 9.78 Å². The number of unbranched alkanes of at least 4 members (excludes halogenated alkanes) is 1. The predicted octanol–water partition coefficient (Wildman–Crippen LogP) is 2.72. The fourth-order valence-corrected chi connectivity index (χ4v) is 2.58. The Morgan fingerprint density at radius 2 is 2.00 bits per heavy atom. The fourth-order valence-electron chi connectivity index (χ4n) is 2.58. The van der Waals surface area contributed by atoms with Gasteiger partial charge in [-0.05, 0) is 39.3 Å². The van der Waals surface area contributed by atoms with E-state index < -0.39 is 29.7 Å². The number of anilines is 1. The zero-order valence-corrected chi connectivity index (χ0v) is 14.7. The number of carbonyl (C=O) groups is 2. The number of carbonyl (C=O) groups excluding carboxylic acids is 1. The van der Waals surface area contributed by atoms with Crippen LogP contribution < -0.4 is 5.32 Å². The van der Waals surface area contributed by atoms with Crippen LogP contribution in [-0.2, 0) is 4.79 Å². The van der Waals surface area contributed by atoms with Crippen molar-refractivity contribution in [2.75, 3.05) is 5.32 Å². The molecule has 0 aliphatic carbocycles. The molecule has 134 valence electrons. The maximum Gasteiger partial charge on any atom is 0.408 e. The van der Waals surface area contributed by atoms with E-state index in [2.05, 4.69) is 10.3 Å². The van der Waals surface area contributed by atoms with Gasteiger partial charge in [0.25, 0.3) is 5.91 Å². The second kappa shape index (κ2) is 8.63. The lowest BCUT2D eigenvalue weighted by Crippen LogP contribution is -2.57. The number of aliphatic hydroxyl groups excluding tert-OH is 1. The topological polar surface area (TPSA) is 103 Å². The Kier molecular flexibility index (Phi) is 7.16. The number of hydrogen-bond donors (Lipinski definition) is 3. The van der Waals surface area contributed by atoms with Crippen molar-refractivity contribution in [3.8, 4) is 0 Å². The second-order valence-electron chi connectivity index (χ2n) is 6.68. The molecule has 1 heterocycles. The summed E-state index contributed by atoms with van der Waals surface area (Å²) in [6.07, 6.45) is 0.829. The zero-order chi connectivity index (χ0) is 18.3. The first-order chi connectivity index (χ1) is 11.2. The lowest BCUT2D eigenvalue weighted by atomic mass is 9.96. The molecule has 1 aromatic rings. The van der Waals surface area contributed by atoms with E-state index in [9.17, 15) is 19.8 Å². The van der Waals surface area contributed by atoms with Crippen LogP contribution in [0.25, 0.3) is 0 Å². The molecule has 0 aliphatic heterocycles. The summed E-state index contributed by atoms with van der Waals surface area (Å²) in [6, 6.07) is 4.19. The van der Waals surface area contributed by atoms with Crippen LogP contribution in [0.4, 0.5) is 10.6 Å². The molecule has 0 aliphatic rings. The van der Waals surface area contributed by atoms with E-state index in [1.807, 2.05) is 6.92 Å². The molecular weight excluding hydrogens is 310 g/mol. The van der Waals surface area contributed by atoms with Gasteiger partial charge in [0.15, 0.2) is 6.10 Å². The maximum atomic E-state index is 12.4. The first kappa shape index (κ1) is 19.9. The Labute approximate surface area is 142 Å². The summed E-state index contributed by atoms with van der Waals surface area (Å²) >= 11 is 0. The number of aliphatic hydroxyl groups is 1. The average Bonchev–Trinajstić information content (AvgIpc) is 2.49. The third-order valence-electron chi connectivity index (χ3n) is 3.66. The highest BCUT2D eigenvalue weighted by atomic mass is 16.4. The molecule has 2 amide bonds. The molecule has 0 saturated carbocycles. The maximum absolute atomic E-state index is 12.4. The van der Waals surface area contributed by atoms with E-state index in [0.717, 1.165) is 11.3 Å².